The van der Waals surface area contributed by atoms with E-state index in [2.05, 4.69) is 22.6 Å². The van der Waals surface area contributed by atoms with Gasteiger partial charge in [0.05, 0.1) is 18.5 Å². The number of ether oxygens (including phenoxy) is 1. The van der Waals surface area contributed by atoms with Crippen LogP contribution in [0.3, 0.4) is 0 Å². The normalized spacial score (nSPS) is 10.4. The lowest BCUT2D eigenvalue weighted by Gasteiger charge is -2.12. The first-order chi connectivity index (χ1) is 8.52. The largest absolute Gasteiger partial charge is 0.497 e. The van der Waals surface area contributed by atoms with Crippen LogP contribution in [0.5, 0.6) is 5.75 Å². The van der Waals surface area contributed by atoms with Crippen LogP contribution in [0.2, 0.25) is 0 Å². The van der Waals surface area contributed by atoms with Crippen LogP contribution in [0.4, 0.5) is 15.8 Å². The third kappa shape index (κ3) is 2.35. The van der Waals surface area contributed by atoms with Gasteiger partial charge in [0.1, 0.15) is 11.6 Å². The highest BCUT2D eigenvalue weighted by molar-refractivity contribution is 14.1. The summed E-state index contributed by atoms with van der Waals surface area (Å²) in [5.41, 5.74) is 13.4. The molecule has 0 heterocycles. The number of nitrogen functional groups attached to an aromatic ring is 2. The van der Waals surface area contributed by atoms with Gasteiger partial charge in [0.25, 0.3) is 0 Å². The van der Waals surface area contributed by atoms with E-state index in [1.807, 2.05) is 6.07 Å². The minimum Gasteiger partial charge on any atom is -0.497 e. The maximum absolute atomic E-state index is 13.9. The van der Waals surface area contributed by atoms with E-state index in [4.69, 9.17) is 16.2 Å². The van der Waals surface area contributed by atoms with Crippen molar-refractivity contribution in [1.29, 1.82) is 0 Å². The summed E-state index contributed by atoms with van der Waals surface area (Å²) in [6.07, 6.45) is 0. The van der Waals surface area contributed by atoms with Gasteiger partial charge in [-0.2, -0.15) is 0 Å². The maximum Gasteiger partial charge on any atom is 0.132 e. The van der Waals surface area contributed by atoms with Gasteiger partial charge in [-0.1, -0.05) is 6.07 Å². The number of hydrogen-bond acceptors (Lipinski definition) is 3. The summed E-state index contributed by atoms with van der Waals surface area (Å²) in [4.78, 5) is 0. The molecule has 3 nitrogen and oxygen atoms in total. The van der Waals surface area contributed by atoms with Crippen LogP contribution in [-0.2, 0) is 0 Å². The zero-order chi connectivity index (χ0) is 13.3. The number of nitrogens with two attached hydrogens (primary N) is 2. The van der Waals surface area contributed by atoms with Gasteiger partial charge in [0.15, 0.2) is 0 Å². The van der Waals surface area contributed by atoms with E-state index in [1.165, 1.54) is 13.2 Å². The molecule has 0 fully saturated rings. The van der Waals surface area contributed by atoms with Gasteiger partial charge >= 0.3 is 0 Å². The molecule has 0 radical (unpaired) electrons. The van der Waals surface area contributed by atoms with Crippen LogP contribution in [0.1, 0.15) is 0 Å². The molecular formula is C13H12FIN2O. The SMILES string of the molecule is COc1cc(N)c(N)c(-c2ccc(I)cc2F)c1. The molecule has 0 bridgehead atoms. The van der Waals surface area contributed by atoms with Crippen molar-refractivity contribution in [2.45, 2.75) is 0 Å². The Morgan fingerprint density at radius 3 is 2.44 bits per heavy atom. The van der Waals surface area contributed by atoms with Crippen molar-refractivity contribution in [2.75, 3.05) is 18.6 Å². The highest BCUT2D eigenvalue weighted by Gasteiger charge is 2.12. The summed E-state index contributed by atoms with van der Waals surface area (Å²) < 4.78 is 19.9. The third-order valence-corrected chi connectivity index (χ3v) is 3.31. The minimum atomic E-state index is -0.332. The predicted molar refractivity (Wildman–Crippen MR) is 79.9 cm³/mol. The standard InChI is InChI=1S/C13H12FIN2O/c1-18-8-5-10(13(17)12(16)6-8)9-3-2-7(15)4-11(9)14/h2-6H,16-17H2,1H3. The van der Waals surface area contributed by atoms with Crippen LogP contribution in [0.25, 0.3) is 11.1 Å². The molecule has 2 aromatic rings. The molecule has 0 aliphatic heterocycles. The van der Waals surface area contributed by atoms with Crippen LogP contribution in [-0.4, -0.2) is 7.11 Å². The van der Waals surface area contributed by atoms with Crippen molar-refractivity contribution in [3.63, 3.8) is 0 Å². The Balaban J connectivity index is 2.66. The molecule has 0 saturated heterocycles. The zero-order valence-electron chi connectivity index (χ0n) is 9.71. The molecule has 18 heavy (non-hydrogen) atoms. The summed E-state index contributed by atoms with van der Waals surface area (Å²) in [5.74, 6) is 0.218. The molecule has 2 rings (SSSR count). The Morgan fingerprint density at radius 2 is 1.83 bits per heavy atom. The van der Waals surface area contributed by atoms with Crippen LogP contribution < -0.4 is 16.2 Å². The van der Waals surface area contributed by atoms with Crippen LogP contribution in [0, 0.1) is 9.39 Å². The van der Waals surface area contributed by atoms with Crippen LogP contribution >= 0.6 is 22.6 Å². The van der Waals surface area contributed by atoms with Crippen molar-refractivity contribution in [3.8, 4) is 16.9 Å². The van der Waals surface area contributed by atoms with E-state index in [-0.39, 0.29) is 5.82 Å². The molecule has 0 saturated carbocycles. The zero-order valence-corrected chi connectivity index (χ0v) is 11.9. The molecule has 0 aliphatic rings. The molecule has 0 amide bonds. The molecule has 4 N–H and O–H groups in total. The summed E-state index contributed by atoms with van der Waals surface area (Å²) in [5, 5.41) is 0. The first-order valence-electron chi connectivity index (χ1n) is 5.21. The van der Waals surface area contributed by atoms with Crippen molar-refractivity contribution < 1.29 is 9.13 Å². The fourth-order valence-electron chi connectivity index (χ4n) is 1.70. The lowest BCUT2D eigenvalue weighted by atomic mass is 10.0. The Morgan fingerprint density at radius 1 is 1.11 bits per heavy atom. The van der Waals surface area contributed by atoms with E-state index < -0.39 is 0 Å². The summed E-state index contributed by atoms with van der Waals surface area (Å²) in [6.45, 7) is 0. The Bertz CT molecular complexity index is 602. The lowest BCUT2D eigenvalue weighted by Crippen LogP contribution is -1.99. The predicted octanol–water partition coefficient (Wildman–Crippen LogP) is 3.27. The first-order valence-corrected chi connectivity index (χ1v) is 6.29. The molecule has 0 aliphatic carbocycles. The first kappa shape index (κ1) is 12.9. The second-order valence-corrected chi connectivity index (χ2v) is 5.05. The molecule has 2 aromatic carbocycles. The van der Waals surface area contributed by atoms with Gasteiger partial charge in [-0.25, -0.2) is 4.39 Å². The van der Waals surface area contributed by atoms with E-state index >= 15 is 0 Å². The average Bonchev–Trinajstić information content (AvgIpc) is 2.33. The Labute approximate surface area is 118 Å². The van der Waals surface area contributed by atoms with Crippen molar-refractivity contribution >= 4 is 34.0 Å². The highest BCUT2D eigenvalue weighted by Crippen LogP contribution is 2.36. The van der Waals surface area contributed by atoms with Gasteiger partial charge in [0.2, 0.25) is 0 Å². The smallest absolute Gasteiger partial charge is 0.132 e. The number of benzene rings is 2. The molecule has 0 unspecified atom stereocenters. The molecule has 0 atom stereocenters. The van der Waals surface area contributed by atoms with Crippen molar-refractivity contribution in [1.82, 2.24) is 0 Å². The monoisotopic (exact) mass is 358 g/mol. The molecule has 0 spiro atoms. The summed E-state index contributed by atoms with van der Waals surface area (Å²) in [6, 6.07) is 8.24. The number of halogens is 2. The molecule has 94 valence electrons. The molecular weight excluding hydrogens is 346 g/mol. The van der Waals surface area contributed by atoms with E-state index in [0.717, 1.165) is 3.57 Å². The van der Waals surface area contributed by atoms with E-state index in [9.17, 15) is 4.39 Å². The van der Waals surface area contributed by atoms with E-state index in [1.54, 1.807) is 18.2 Å². The summed E-state index contributed by atoms with van der Waals surface area (Å²) in [7, 11) is 1.53. The second kappa shape index (κ2) is 5.01. The van der Waals surface area contributed by atoms with Crippen molar-refractivity contribution in [2.24, 2.45) is 0 Å². The third-order valence-electron chi connectivity index (χ3n) is 2.64. The Kier molecular flexibility index (Phi) is 3.60. The topological polar surface area (TPSA) is 61.3 Å². The van der Waals surface area contributed by atoms with Gasteiger partial charge in [-0.3, -0.25) is 0 Å². The number of anilines is 2. The Hall–Kier alpha value is -1.50. The maximum atomic E-state index is 13.9. The minimum absolute atomic E-state index is 0.332. The molecule has 0 aromatic heterocycles. The van der Waals surface area contributed by atoms with Gasteiger partial charge < -0.3 is 16.2 Å². The van der Waals surface area contributed by atoms with E-state index in [0.29, 0.717) is 28.3 Å². The fourth-order valence-corrected chi connectivity index (χ4v) is 2.15. The number of rotatable bonds is 2. The van der Waals surface area contributed by atoms with Gasteiger partial charge in [-0.15, -0.1) is 0 Å². The molecule has 5 heteroatoms. The second-order valence-electron chi connectivity index (χ2n) is 3.80. The highest BCUT2D eigenvalue weighted by atomic mass is 127. The number of hydrogen-bond donors (Lipinski definition) is 2. The van der Waals surface area contributed by atoms with Gasteiger partial charge in [-0.05, 0) is 40.8 Å². The fraction of sp³-hybridized carbons (Fsp3) is 0.0769. The van der Waals surface area contributed by atoms with Gasteiger partial charge in [0, 0.05) is 20.8 Å². The summed E-state index contributed by atoms with van der Waals surface area (Å²) >= 11 is 2.05. The van der Waals surface area contributed by atoms with Crippen LogP contribution in [0.15, 0.2) is 30.3 Å². The van der Waals surface area contributed by atoms with Crippen molar-refractivity contribution in [3.05, 3.63) is 39.7 Å². The number of methoxy groups -OCH3 is 1. The quantitative estimate of drug-likeness (QED) is 0.640. The lowest BCUT2D eigenvalue weighted by molar-refractivity contribution is 0.415. The average molecular weight is 358 g/mol.